The van der Waals surface area contributed by atoms with E-state index in [4.69, 9.17) is 10.6 Å². The minimum absolute atomic E-state index is 0.310. The van der Waals surface area contributed by atoms with E-state index in [1.807, 2.05) is 0 Å². The van der Waals surface area contributed by atoms with Crippen molar-refractivity contribution in [1.82, 2.24) is 4.90 Å². The summed E-state index contributed by atoms with van der Waals surface area (Å²) in [6.45, 7) is -0.856. The van der Waals surface area contributed by atoms with Gasteiger partial charge in [0.05, 0.1) is 24.8 Å². The summed E-state index contributed by atoms with van der Waals surface area (Å²) in [5.41, 5.74) is 8.26. The molecule has 2 N–H and O–H groups in total. The average molecular weight is 266 g/mol. The molecule has 18 heavy (non-hydrogen) atoms. The summed E-state index contributed by atoms with van der Waals surface area (Å²) in [7, 11) is 1.21. The Kier molecular flexibility index (Phi) is 4.10. The highest BCUT2D eigenvalue weighted by Gasteiger charge is 2.54. The van der Waals surface area contributed by atoms with Gasteiger partial charge in [-0.1, -0.05) is 5.11 Å². The van der Waals surface area contributed by atoms with E-state index in [1.165, 1.54) is 7.85 Å². The Bertz CT molecular complexity index is 387. The SMILES string of the molecule is B[C@H]1[C@H](N=[N+]=[N-])[C@H](O)[C@@H](CO)N1C(=O)C(F)(F)F. The van der Waals surface area contributed by atoms with Gasteiger partial charge in [0.25, 0.3) is 0 Å². The average Bonchev–Trinajstić information content (AvgIpc) is 2.51. The number of alkyl halides is 3. The van der Waals surface area contributed by atoms with E-state index in [0.29, 0.717) is 4.90 Å². The number of azide groups is 1. The maximum absolute atomic E-state index is 12.4. The molecule has 1 aliphatic rings. The topological polar surface area (TPSA) is 110 Å². The van der Waals surface area contributed by atoms with Crippen molar-refractivity contribution in [2.45, 2.75) is 30.3 Å². The molecule has 0 bridgehead atoms. The van der Waals surface area contributed by atoms with Crippen LogP contribution in [-0.2, 0) is 4.79 Å². The van der Waals surface area contributed by atoms with Gasteiger partial charge in [-0.2, -0.15) is 13.2 Å². The summed E-state index contributed by atoms with van der Waals surface area (Å²) in [5, 5.41) is 21.8. The van der Waals surface area contributed by atoms with Gasteiger partial charge in [-0.05, 0) is 5.53 Å². The quantitative estimate of drug-likeness (QED) is 0.282. The lowest BCUT2D eigenvalue weighted by Crippen LogP contribution is -2.51. The minimum Gasteiger partial charge on any atom is -0.394 e. The zero-order valence-corrected chi connectivity index (χ0v) is 9.24. The smallest absolute Gasteiger partial charge is 0.394 e. The highest BCUT2D eigenvalue weighted by Crippen LogP contribution is 2.30. The lowest BCUT2D eigenvalue weighted by molar-refractivity contribution is -0.188. The zero-order valence-electron chi connectivity index (χ0n) is 9.24. The molecule has 0 spiro atoms. The van der Waals surface area contributed by atoms with Crippen LogP contribution in [0.1, 0.15) is 0 Å². The van der Waals surface area contributed by atoms with Gasteiger partial charge in [0.2, 0.25) is 0 Å². The Balaban J connectivity index is 3.10. The number of halogens is 3. The van der Waals surface area contributed by atoms with Crippen LogP contribution >= 0.6 is 0 Å². The van der Waals surface area contributed by atoms with E-state index in [0.717, 1.165) is 0 Å². The minimum atomic E-state index is -5.12. The van der Waals surface area contributed by atoms with E-state index >= 15 is 0 Å². The van der Waals surface area contributed by atoms with Gasteiger partial charge in [0.15, 0.2) is 0 Å². The van der Waals surface area contributed by atoms with Gasteiger partial charge in [0.1, 0.15) is 7.85 Å². The number of nitrogens with zero attached hydrogens (tertiary/aromatic N) is 4. The van der Waals surface area contributed by atoms with Crippen molar-refractivity contribution in [3.05, 3.63) is 10.4 Å². The molecule has 1 amide bonds. The fourth-order valence-electron chi connectivity index (χ4n) is 2.05. The third-order valence-electron chi connectivity index (χ3n) is 2.88. The van der Waals surface area contributed by atoms with Crippen LogP contribution in [0.3, 0.4) is 0 Å². The first-order chi connectivity index (χ1) is 8.25. The summed E-state index contributed by atoms with van der Waals surface area (Å²) < 4.78 is 37.1. The van der Waals surface area contributed by atoms with Crippen LogP contribution in [0.2, 0.25) is 0 Å². The molecule has 11 heteroatoms. The van der Waals surface area contributed by atoms with E-state index in [-0.39, 0.29) is 0 Å². The molecule has 1 fully saturated rings. The van der Waals surface area contributed by atoms with Gasteiger partial charge >= 0.3 is 12.1 Å². The Hall–Kier alpha value is -1.45. The maximum Gasteiger partial charge on any atom is 0.471 e. The van der Waals surface area contributed by atoms with Crippen molar-refractivity contribution >= 4 is 13.8 Å². The fourth-order valence-corrected chi connectivity index (χ4v) is 2.05. The van der Waals surface area contributed by atoms with Gasteiger partial charge in [0, 0.05) is 10.9 Å². The number of amides is 1. The molecule has 0 aromatic carbocycles. The Morgan fingerprint density at radius 2 is 2.11 bits per heavy atom. The normalized spacial score (nSPS) is 32.2. The molecule has 1 aliphatic heterocycles. The van der Waals surface area contributed by atoms with Crippen LogP contribution in [0, 0.1) is 0 Å². The second-order valence-electron chi connectivity index (χ2n) is 3.89. The number of carbonyl (C=O) groups excluding carboxylic acids is 1. The molecule has 0 saturated carbocycles. The number of aliphatic hydroxyl groups excluding tert-OH is 2. The van der Waals surface area contributed by atoms with Crippen molar-refractivity contribution in [3.63, 3.8) is 0 Å². The molecule has 0 aromatic heterocycles. The number of likely N-dealkylation sites (tertiary alicyclic amines) is 1. The van der Waals surface area contributed by atoms with Gasteiger partial charge < -0.3 is 15.1 Å². The third-order valence-corrected chi connectivity index (χ3v) is 2.88. The van der Waals surface area contributed by atoms with Crippen LogP contribution in [-0.4, -0.2) is 65.8 Å². The molecule has 100 valence electrons. The Morgan fingerprint density at radius 3 is 2.50 bits per heavy atom. The van der Waals surface area contributed by atoms with Crippen LogP contribution in [0.25, 0.3) is 10.4 Å². The standard InChI is InChI=1S/C7H10BF3N4O3/c8-5-3(13-14-12)4(17)2(1-16)15(5)6(18)7(9,10)11/h2-5,16-17H,1,8H2/t2-,3-,4-,5-/m1/s1. The molecule has 7 nitrogen and oxygen atoms in total. The lowest BCUT2D eigenvalue weighted by atomic mass is 9.89. The molecule has 0 aliphatic carbocycles. The predicted molar refractivity (Wildman–Crippen MR) is 55.0 cm³/mol. The second-order valence-corrected chi connectivity index (χ2v) is 3.89. The number of hydrogen-bond acceptors (Lipinski definition) is 4. The second kappa shape index (κ2) is 5.05. The van der Waals surface area contributed by atoms with E-state index in [9.17, 15) is 23.1 Å². The van der Waals surface area contributed by atoms with E-state index in [2.05, 4.69) is 10.0 Å². The van der Waals surface area contributed by atoms with Crippen LogP contribution in [0.5, 0.6) is 0 Å². The van der Waals surface area contributed by atoms with Crippen LogP contribution in [0.4, 0.5) is 13.2 Å². The highest BCUT2D eigenvalue weighted by atomic mass is 19.4. The number of aliphatic hydroxyl groups is 2. The monoisotopic (exact) mass is 266 g/mol. The molecule has 1 saturated heterocycles. The van der Waals surface area contributed by atoms with Crippen molar-refractivity contribution < 1.29 is 28.2 Å². The number of rotatable bonds is 2. The zero-order chi connectivity index (χ0) is 14.1. The predicted octanol–water partition coefficient (Wildman–Crippen LogP) is -1.25. The number of carbonyl (C=O) groups is 1. The van der Waals surface area contributed by atoms with Gasteiger partial charge in [-0.15, -0.1) is 0 Å². The summed E-state index contributed by atoms with van der Waals surface area (Å²) in [4.78, 5) is 13.9. The van der Waals surface area contributed by atoms with Crippen molar-refractivity contribution in [3.8, 4) is 0 Å². The van der Waals surface area contributed by atoms with Gasteiger partial charge in [-0.3, -0.25) is 4.79 Å². The molecule has 0 aromatic rings. The van der Waals surface area contributed by atoms with Crippen molar-refractivity contribution in [2.75, 3.05) is 6.61 Å². The first kappa shape index (κ1) is 14.6. The molecular weight excluding hydrogens is 256 g/mol. The molecule has 4 atom stereocenters. The Labute approximate surface area is 100 Å². The van der Waals surface area contributed by atoms with Crippen LogP contribution < -0.4 is 0 Å². The Morgan fingerprint density at radius 1 is 1.56 bits per heavy atom. The van der Waals surface area contributed by atoms with Crippen molar-refractivity contribution in [2.24, 2.45) is 5.11 Å². The molecule has 0 radical (unpaired) electrons. The summed E-state index contributed by atoms with van der Waals surface area (Å²) in [5.74, 6) is -3.33. The van der Waals surface area contributed by atoms with Crippen LogP contribution in [0.15, 0.2) is 5.11 Å². The summed E-state index contributed by atoms with van der Waals surface area (Å²) in [6.07, 6.45) is -6.65. The molecule has 1 rings (SSSR count). The lowest BCUT2D eigenvalue weighted by Gasteiger charge is -2.28. The summed E-state index contributed by atoms with van der Waals surface area (Å²) in [6, 6.07) is -2.66. The fraction of sp³-hybridized carbons (Fsp3) is 0.857. The van der Waals surface area contributed by atoms with Crippen molar-refractivity contribution in [1.29, 1.82) is 0 Å². The highest BCUT2D eigenvalue weighted by molar-refractivity contribution is 6.14. The maximum atomic E-state index is 12.4. The summed E-state index contributed by atoms with van der Waals surface area (Å²) >= 11 is 0. The molecular formula is C7H10BF3N4O3. The largest absolute Gasteiger partial charge is 0.471 e. The number of hydrogen-bond donors (Lipinski definition) is 2. The van der Waals surface area contributed by atoms with Gasteiger partial charge in [-0.25, -0.2) is 0 Å². The van der Waals surface area contributed by atoms with E-state index in [1.54, 1.807) is 0 Å². The van der Waals surface area contributed by atoms with E-state index < -0.39 is 42.8 Å². The first-order valence-corrected chi connectivity index (χ1v) is 4.98. The third kappa shape index (κ3) is 2.38. The first-order valence-electron chi connectivity index (χ1n) is 4.98. The molecule has 0 unspecified atom stereocenters. The molecule has 1 heterocycles.